The fraction of sp³-hybridized carbons (Fsp3) is 0.143. The van der Waals surface area contributed by atoms with Gasteiger partial charge in [-0.25, -0.2) is 13.4 Å². The predicted octanol–water partition coefficient (Wildman–Crippen LogP) is -0.768. The molecule has 9 nitrogen and oxygen atoms in total. The highest BCUT2D eigenvalue weighted by molar-refractivity contribution is 7.90. The van der Waals surface area contributed by atoms with E-state index in [1.54, 1.807) is 0 Å². The largest absolute Gasteiger partial charge is 0.495 e. The Kier molecular flexibility index (Phi) is 5.62. The van der Waals surface area contributed by atoms with Crippen molar-refractivity contribution < 1.29 is 23.2 Å². The maximum absolute atomic E-state index is 11.6. The second kappa shape index (κ2) is 7.51. The summed E-state index contributed by atoms with van der Waals surface area (Å²) in [6.45, 7) is 0. The minimum Gasteiger partial charge on any atom is -0.495 e. The molecule has 0 radical (unpaired) electrons. The lowest BCUT2D eigenvalue weighted by molar-refractivity contribution is 0.415. The van der Waals surface area contributed by atoms with E-state index < -0.39 is 17.0 Å². The molecule has 0 aliphatic rings. The van der Waals surface area contributed by atoms with E-state index in [4.69, 9.17) is 20.5 Å². The predicted molar refractivity (Wildman–Crippen MR) is 95.1 cm³/mol. The van der Waals surface area contributed by atoms with Crippen LogP contribution in [0, 0.1) is 0 Å². The van der Waals surface area contributed by atoms with E-state index >= 15 is 0 Å². The summed E-state index contributed by atoms with van der Waals surface area (Å²) in [5.41, 5.74) is 6.46. The van der Waals surface area contributed by atoms with Gasteiger partial charge in [0.15, 0.2) is 21.6 Å². The number of sulfone groups is 1. The fourth-order valence-corrected chi connectivity index (χ4v) is 2.55. The van der Waals surface area contributed by atoms with Crippen LogP contribution in [0.3, 0.4) is 0 Å². The number of hydrogen-bond acceptors (Lipinski definition) is 7. The van der Waals surface area contributed by atoms with Crippen molar-refractivity contribution in [1.29, 1.82) is 0 Å². The molecule has 2 rings (SSSR count). The Hall–Kier alpha value is -2.63. The zero-order valence-electron chi connectivity index (χ0n) is 13.5. The topological polar surface area (TPSA) is 147 Å². The van der Waals surface area contributed by atoms with Crippen LogP contribution in [0.25, 0.3) is 0 Å². The number of anilines is 1. The average Bonchev–Trinajstić information content (AvgIpc) is 2.54. The summed E-state index contributed by atoms with van der Waals surface area (Å²) < 4.78 is 28.3. The second-order valence-electron chi connectivity index (χ2n) is 5.08. The van der Waals surface area contributed by atoms with Crippen LogP contribution in [0.2, 0.25) is 0 Å². The number of rotatable bonds is 5. The highest BCUT2D eigenvalue weighted by atomic mass is 32.2. The molecule has 0 aliphatic heterocycles. The minimum atomic E-state index is -3.36. The molecule has 0 spiro atoms. The number of pyridine rings is 1. The van der Waals surface area contributed by atoms with Crippen molar-refractivity contribution in [3.05, 3.63) is 36.5 Å². The number of ether oxygens (including phenoxy) is 1. The van der Waals surface area contributed by atoms with Crippen LogP contribution in [0.1, 0.15) is 0 Å². The van der Waals surface area contributed by atoms with Crippen molar-refractivity contribution in [3.63, 3.8) is 0 Å². The minimum absolute atomic E-state index is 0.00444. The van der Waals surface area contributed by atoms with Crippen molar-refractivity contribution in [3.8, 4) is 5.75 Å². The lowest BCUT2D eigenvalue weighted by Gasteiger charge is -2.11. The van der Waals surface area contributed by atoms with Crippen molar-refractivity contribution in [1.82, 2.24) is 4.98 Å². The van der Waals surface area contributed by atoms with Crippen LogP contribution in [-0.4, -0.2) is 49.9 Å². The Labute approximate surface area is 145 Å². The number of hydrogen-bond donors (Lipinski definition) is 4. The fourth-order valence-electron chi connectivity index (χ4n) is 1.91. The molecular formula is C14H17BN4O5S. The molecular weight excluding hydrogens is 347 g/mol. The Morgan fingerprint density at radius 1 is 1.32 bits per heavy atom. The number of benzene rings is 1. The van der Waals surface area contributed by atoms with Gasteiger partial charge in [0, 0.05) is 24.0 Å². The molecule has 0 bridgehead atoms. The lowest BCUT2D eigenvalue weighted by Crippen LogP contribution is -2.29. The van der Waals surface area contributed by atoms with Gasteiger partial charge < -0.3 is 25.8 Å². The SMILES string of the molecule is COc1cc(S(C)(=O)=O)ccc1NC(N)=Nc1ccc(B(O)O)cn1. The van der Waals surface area contributed by atoms with Gasteiger partial charge in [0.1, 0.15) is 5.75 Å². The first-order valence-corrected chi connectivity index (χ1v) is 8.91. The molecule has 5 N–H and O–H groups in total. The maximum Gasteiger partial charge on any atom is 0.490 e. The number of nitrogens with one attached hydrogen (secondary N) is 1. The van der Waals surface area contributed by atoms with E-state index in [0.717, 1.165) is 6.26 Å². The van der Waals surface area contributed by atoms with Crippen LogP contribution in [0.4, 0.5) is 11.5 Å². The molecule has 1 aromatic heterocycles. The first kappa shape index (κ1) is 18.7. The van der Waals surface area contributed by atoms with Crippen LogP contribution in [-0.2, 0) is 9.84 Å². The zero-order chi connectivity index (χ0) is 18.6. The standard InChI is InChI=1S/C14H17BN4O5S/c1-24-12-7-10(25(2,22)23)4-5-11(12)18-14(16)19-13-6-3-9(8-17-13)15(20)21/h3-8,20-21H,1-2H3,(H3,16,17,18,19). The van der Waals surface area contributed by atoms with Crippen LogP contribution in [0.5, 0.6) is 5.75 Å². The normalized spacial score (nSPS) is 11.9. The molecule has 25 heavy (non-hydrogen) atoms. The van der Waals surface area contributed by atoms with Gasteiger partial charge in [-0.3, -0.25) is 0 Å². The summed E-state index contributed by atoms with van der Waals surface area (Å²) >= 11 is 0. The Bertz CT molecular complexity index is 885. The summed E-state index contributed by atoms with van der Waals surface area (Å²) in [4.78, 5) is 8.08. The first-order chi connectivity index (χ1) is 11.7. The van der Waals surface area contributed by atoms with Crippen molar-refractivity contribution in [2.45, 2.75) is 4.90 Å². The van der Waals surface area contributed by atoms with E-state index in [1.807, 2.05) is 0 Å². The third-order valence-corrected chi connectivity index (χ3v) is 4.28. The van der Waals surface area contributed by atoms with Gasteiger partial charge in [-0.15, -0.1) is 0 Å². The average molecular weight is 364 g/mol. The molecule has 0 unspecified atom stereocenters. The Morgan fingerprint density at radius 2 is 2.04 bits per heavy atom. The molecule has 1 heterocycles. The number of aliphatic imine (C=N–C) groups is 1. The van der Waals surface area contributed by atoms with Gasteiger partial charge >= 0.3 is 7.12 Å². The Balaban J connectivity index is 2.23. The summed E-state index contributed by atoms with van der Waals surface area (Å²) in [5.74, 6) is 0.532. The summed E-state index contributed by atoms with van der Waals surface area (Å²) in [7, 11) is -3.57. The van der Waals surface area contributed by atoms with E-state index in [1.165, 1.54) is 43.6 Å². The molecule has 0 saturated heterocycles. The van der Waals surface area contributed by atoms with Crippen LogP contribution >= 0.6 is 0 Å². The van der Waals surface area contributed by atoms with Gasteiger partial charge in [0.05, 0.1) is 17.7 Å². The molecule has 11 heteroatoms. The van der Waals surface area contributed by atoms with E-state index in [2.05, 4.69) is 15.3 Å². The highest BCUT2D eigenvalue weighted by Crippen LogP contribution is 2.27. The molecule has 0 atom stereocenters. The molecule has 0 saturated carbocycles. The van der Waals surface area contributed by atoms with Crippen molar-refractivity contribution in [2.75, 3.05) is 18.7 Å². The number of guanidine groups is 1. The molecule has 0 aliphatic carbocycles. The van der Waals surface area contributed by atoms with Crippen molar-refractivity contribution >= 4 is 39.9 Å². The molecule has 132 valence electrons. The van der Waals surface area contributed by atoms with Gasteiger partial charge in [0.2, 0.25) is 0 Å². The van der Waals surface area contributed by atoms with E-state index in [0.29, 0.717) is 5.69 Å². The number of methoxy groups -OCH3 is 1. The lowest BCUT2D eigenvalue weighted by atomic mass is 9.82. The van der Waals surface area contributed by atoms with Crippen LogP contribution in [0.15, 0.2) is 46.4 Å². The molecule has 1 aromatic carbocycles. The summed E-state index contributed by atoms with van der Waals surface area (Å²) in [5, 5.41) is 20.8. The van der Waals surface area contributed by atoms with Gasteiger partial charge in [-0.1, -0.05) is 6.07 Å². The Morgan fingerprint density at radius 3 is 2.56 bits per heavy atom. The number of nitrogens with two attached hydrogens (primary N) is 1. The summed E-state index contributed by atoms with van der Waals surface area (Å²) in [6, 6.07) is 7.22. The van der Waals surface area contributed by atoms with Gasteiger partial charge in [0.25, 0.3) is 0 Å². The third kappa shape index (κ3) is 4.92. The quantitative estimate of drug-likeness (QED) is 0.307. The second-order valence-corrected chi connectivity index (χ2v) is 7.10. The molecule has 0 amide bonds. The third-order valence-electron chi connectivity index (χ3n) is 3.17. The molecule has 0 fully saturated rings. The van der Waals surface area contributed by atoms with E-state index in [-0.39, 0.29) is 27.9 Å². The summed E-state index contributed by atoms with van der Waals surface area (Å²) in [6.07, 6.45) is 2.36. The smallest absolute Gasteiger partial charge is 0.490 e. The number of aromatic nitrogens is 1. The zero-order valence-corrected chi connectivity index (χ0v) is 14.4. The first-order valence-electron chi connectivity index (χ1n) is 7.02. The van der Waals surface area contributed by atoms with E-state index in [9.17, 15) is 8.42 Å². The van der Waals surface area contributed by atoms with Crippen molar-refractivity contribution in [2.24, 2.45) is 10.7 Å². The number of nitrogens with zero attached hydrogens (tertiary/aromatic N) is 2. The monoisotopic (exact) mass is 364 g/mol. The maximum atomic E-state index is 11.6. The van der Waals surface area contributed by atoms with Crippen LogP contribution < -0.4 is 21.3 Å². The highest BCUT2D eigenvalue weighted by Gasteiger charge is 2.13. The molecule has 2 aromatic rings. The van der Waals surface area contributed by atoms with Gasteiger partial charge in [-0.05, 0) is 18.2 Å². The van der Waals surface area contributed by atoms with Gasteiger partial charge in [-0.2, -0.15) is 4.99 Å².